The lowest BCUT2D eigenvalue weighted by atomic mass is 9.99. The molecule has 1 amide bonds. The van der Waals surface area contributed by atoms with Crippen LogP contribution in [0.1, 0.15) is 38.7 Å². The minimum Gasteiger partial charge on any atom is -0.481 e. The van der Waals surface area contributed by atoms with Gasteiger partial charge in [-0.3, -0.25) is 4.79 Å². The smallest absolute Gasteiger partial charge is 0.263 e. The number of piperidine rings is 1. The lowest BCUT2D eigenvalue weighted by molar-refractivity contribution is -0.140. The molecule has 1 aromatic rings. The molecule has 0 unspecified atom stereocenters. The van der Waals surface area contributed by atoms with Crippen LogP contribution in [-0.4, -0.2) is 30.0 Å². The van der Waals surface area contributed by atoms with Crippen LogP contribution in [0.3, 0.4) is 0 Å². The molecule has 0 bridgehead atoms. The highest BCUT2D eigenvalue weighted by atomic mass is 16.5. The third kappa shape index (κ3) is 3.75. The second-order valence-corrected chi connectivity index (χ2v) is 5.86. The van der Waals surface area contributed by atoms with Crippen LogP contribution >= 0.6 is 0 Å². The maximum absolute atomic E-state index is 12.6. The van der Waals surface area contributed by atoms with Crippen molar-refractivity contribution >= 4 is 5.91 Å². The molecule has 0 spiro atoms. The molecule has 0 saturated carbocycles. The van der Waals surface area contributed by atoms with E-state index in [1.165, 1.54) is 6.42 Å². The van der Waals surface area contributed by atoms with E-state index < -0.39 is 0 Å². The van der Waals surface area contributed by atoms with E-state index in [4.69, 9.17) is 4.74 Å². The van der Waals surface area contributed by atoms with Gasteiger partial charge in [0.25, 0.3) is 5.91 Å². The molecule has 0 radical (unpaired) electrons. The SMILES string of the molecule is CC[C@H](Oc1cccc(C)c1)C(=O)N1CCC[C@H](C)C1. The number of hydrogen-bond acceptors (Lipinski definition) is 2. The minimum atomic E-state index is -0.359. The van der Waals surface area contributed by atoms with Crippen molar-refractivity contribution in [3.05, 3.63) is 29.8 Å². The van der Waals surface area contributed by atoms with Crippen LogP contribution in [0.2, 0.25) is 0 Å². The normalized spacial score (nSPS) is 20.6. The Hall–Kier alpha value is -1.51. The molecule has 1 fully saturated rings. The Bertz CT molecular complexity index is 458. The van der Waals surface area contributed by atoms with E-state index in [-0.39, 0.29) is 12.0 Å². The van der Waals surface area contributed by atoms with Crippen molar-refractivity contribution in [2.24, 2.45) is 5.92 Å². The van der Waals surface area contributed by atoms with Gasteiger partial charge in [-0.25, -0.2) is 0 Å². The van der Waals surface area contributed by atoms with Crippen molar-refractivity contribution in [3.63, 3.8) is 0 Å². The predicted molar refractivity (Wildman–Crippen MR) is 80.9 cm³/mol. The first-order valence-corrected chi connectivity index (χ1v) is 7.62. The number of nitrogens with zero attached hydrogens (tertiary/aromatic N) is 1. The molecule has 2 rings (SSSR count). The zero-order chi connectivity index (χ0) is 14.5. The van der Waals surface area contributed by atoms with E-state index >= 15 is 0 Å². The molecule has 20 heavy (non-hydrogen) atoms. The first-order valence-electron chi connectivity index (χ1n) is 7.62. The van der Waals surface area contributed by atoms with Crippen LogP contribution in [0.5, 0.6) is 5.75 Å². The van der Waals surface area contributed by atoms with Crippen LogP contribution < -0.4 is 4.74 Å². The van der Waals surface area contributed by atoms with Crippen molar-refractivity contribution in [2.45, 2.75) is 46.1 Å². The molecular weight excluding hydrogens is 250 g/mol. The van der Waals surface area contributed by atoms with Gasteiger partial charge in [-0.05, 0) is 49.8 Å². The van der Waals surface area contributed by atoms with Gasteiger partial charge in [-0.1, -0.05) is 26.0 Å². The zero-order valence-corrected chi connectivity index (χ0v) is 12.8. The number of likely N-dealkylation sites (tertiary alicyclic amines) is 1. The van der Waals surface area contributed by atoms with Gasteiger partial charge in [0.1, 0.15) is 5.75 Å². The van der Waals surface area contributed by atoms with Gasteiger partial charge in [0.05, 0.1) is 0 Å². The Morgan fingerprint density at radius 3 is 2.95 bits per heavy atom. The fraction of sp³-hybridized carbons (Fsp3) is 0.588. The van der Waals surface area contributed by atoms with E-state index in [1.807, 2.05) is 43.0 Å². The Kier molecular flexibility index (Phi) is 5.05. The largest absolute Gasteiger partial charge is 0.481 e. The van der Waals surface area contributed by atoms with Gasteiger partial charge in [-0.2, -0.15) is 0 Å². The van der Waals surface area contributed by atoms with Gasteiger partial charge in [0.15, 0.2) is 6.10 Å². The van der Waals surface area contributed by atoms with Crippen molar-refractivity contribution in [1.82, 2.24) is 4.90 Å². The monoisotopic (exact) mass is 275 g/mol. The van der Waals surface area contributed by atoms with Gasteiger partial charge in [0.2, 0.25) is 0 Å². The predicted octanol–water partition coefficient (Wildman–Crippen LogP) is 3.41. The summed E-state index contributed by atoms with van der Waals surface area (Å²) in [5.74, 6) is 1.53. The molecule has 1 aliphatic rings. The van der Waals surface area contributed by atoms with Crippen molar-refractivity contribution in [2.75, 3.05) is 13.1 Å². The van der Waals surface area contributed by atoms with Crippen molar-refractivity contribution in [3.8, 4) is 5.75 Å². The molecule has 0 aromatic heterocycles. The molecule has 1 aromatic carbocycles. The zero-order valence-electron chi connectivity index (χ0n) is 12.8. The van der Waals surface area contributed by atoms with Gasteiger partial charge in [0, 0.05) is 13.1 Å². The van der Waals surface area contributed by atoms with Crippen LogP contribution in [0.4, 0.5) is 0 Å². The fourth-order valence-corrected chi connectivity index (χ4v) is 2.75. The molecule has 1 saturated heterocycles. The van der Waals surface area contributed by atoms with Crippen LogP contribution in [0, 0.1) is 12.8 Å². The second-order valence-electron chi connectivity index (χ2n) is 5.86. The number of ether oxygens (including phenoxy) is 1. The van der Waals surface area contributed by atoms with E-state index in [1.54, 1.807) is 0 Å². The number of aryl methyl sites for hydroxylation is 1. The van der Waals surface area contributed by atoms with Gasteiger partial charge < -0.3 is 9.64 Å². The topological polar surface area (TPSA) is 29.5 Å². The van der Waals surface area contributed by atoms with Crippen LogP contribution in [-0.2, 0) is 4.79 Å². The number of rotatable bonds is 4. The number of carbonyl (C=O) groups excluding carboxylic acids is 1. The number of amides is 1. The number of carbonyl (C=O) groups is 1. The fourth-order valence-electron chi connectivity index (χ4n) is 2.75. The van der Waals surface area contributed by atoms with Crippen LogP contribution in [0.15, 0.2) is 24.3 Å². The molecular formula is C17H25NO2. The standard InChI is InChI=1S/C17H25NO2/c1-4-16(20-15-9-5-7-13(2)11-15)17(19)18-10-6-8-14(3)12-18/h5,7,9,11,14,16H,4,6,8,10,12H2,1-3H3/t14-,16-/m0/s1. The molecule has 3 nitrogen and oxygen atoms in total. The van der Waals surface area contributed by atoms with Gasteiger partial charge >= 0.3 is 0 Å². The molecule has 1 heterocycles. The lowest BCUT2D eigenvalue weighted by Gasteiger charge is -2.33. The van der Waals surface area contributed by atoms with E-state index in [0.29, 0.717) is 12.3 Å². The summed E-state index contributed by atoms with van der Waals surface area (Å²) in [6.07, 6.45) is 2.67. The summed E-state index contributed by atoms with van der Waals surface area (Å²) in [7, 11) is 0. The van der Waals surface area contributed by atoms with Gasteiger partial charge in [-0.15, -0.1) is 0 Å². The van der Waals surface area contributed by atoms with E-state index in [9.17, 15) is 4.79 Å². The highest BCUT2D eigenvalue weighted by molar-refractivity contribution is 5.81. The van der Waals surface area contributed by atoms with Crippen molar-refractivity contribution in [1.29, 1.82) is 0 Å². The maximum atomic E-state index is 12.6. The Morgan fingerprint density at radius 1 is 1.50 bits per heavy atom. The second kappa shape index (κ2) is 6.78. The Balaban J connectivity index is 2.02. The number of hydrogen-bond donors (Lipinski definition) is 0. The first-order chi connectivity index (χ1) is 9.60. The molecule has 1 aliphatic heterocycles. The number of benzene rings is 1. The summed E-state index contributed by atoms with van der Waals surface area (Å²) in [6.45, 7) is 7.98. The lowest BCUT2D eigenvalue weighted by Crippen LogP contribution is -2.46. The average Bonchev–Trinajstić information content (AvgIpc) is 2.44. The summed E-state index contributed by atoms with van der Waals surface area (Å²) in [4.78, 5) is 14.5. The summed E-state index contributed by atoms with van der Waals surface area (Å²) >= 11 is 0. The summed E-state index contributed by atoms with van der Waals surface area (Å²) in [5.41, 5.74) is 1.15. The Labute approximate surface area is 121 Å². The summed E-state index contributed by atoms with van der Waals surface area (Å²) in [6, 6.07) is 7.89. The van der Waals surface area contributed by atoms with E-state index in [2.05, 4.69) is 6.92 Å². The highest BCUT2D eigenvalue weighted by Crippen LogP contribution is 2.20. The van der Waals surface area contributed by atoms with Crippen molar-refractivity contribution < 1.29 is 9.53 Å². The summed E-state index contributed by atoms with van der Waals surface area (Å²) < 4.78 is 5.90. The summed E-state index contributed by atoms with van der Waals surface area (Å²) in [5, 5.41) is 0. The van der Waals surface area contributed by atoms with E-state index in [0.717, 1.165) is 30.8 Å². The first kappa shape index (κ1) is 14.9. The molecule has 2 atom stereocenters. The molecule has 3 heteroatoms. The maximum Gasteiger partial charge on any atom is 0.263 e. The molecule has 0 aliphatic carbocycles. The molecule has 0 N–H and O–H groups in total. The third-order valence-electron chi connectivity index (χ3n) is 3.88. The quantitative estimate of drug-likeness (QED) is 0.842. The van der Waals surface area contributed by atoms with Crippen LogP contribution in [0.25, 0.3) is 0 Å². The highest BCUT2D eigenvalue weighted by Gasteiger charge is 2.27. The molecule has 110 valence electrons. The Morgan fingerprint density at radius 2 is 2.30 bits per heavy atom. The minimum absolute atomic E-state index is 0.139. The average molecular weight is 275 g/mol. The third-order valence-corrected chi connectivity index (χ3v) is 3.88.